The first-order chi connectivity index (χ1) is 3.39. The molecule has 0 spiro atoms. The van der Waals surface area contributed by atoms with Crippen LogP contribution in [-0.2, 0) is 0 Å². The van der Waals surface area contributed by atoms with E-state index < -0.39 is 0 Å². The SMILES string of the molecule is [CH2-]c1ccccc1.[I-].[Mg+2]. The van der Waals surface area contributed by atoms with Gasteiger partial charge in [0.05, 0.1) is 0 Å². The van der Waals surface area contributed by atoms with Gasteiger partial charge in [-0.15, -0.1) is 12.1 Å². The van der Waals surface area contributed by atoms with Gasteiger partial charge in [-0.1, -0.05) is 6.07 Å². The second kappa shape index (κ2) is 6.70. The molecule has 0 aliphatic rings. The van der Waals surface area contributed by atoms with Crippen molar-refractivity contribution in [1.82, 2.24) is 0 Å². The molecule has 0 heterocycles. The largest absolute Gasteiger partial charge is 2.00 e. The molecule has 0 radical (unpaired) electrons. The fraction of sp³-hybridized carbons (Fsp3) is 0. The van der Waals surface area contributed by atoms with Gasteiger partial charge in [-0.3, -0.25) is 0 Å². The van der Waals surface area contributed by atoms with Crippen molar-refractivity contribution in [1.29, 1.82) is 0 Å². The van der Waals surface area contributed by atoms with E-state index in [1.165, 1.54) is 0 Å². The summed E-state index contributed by atoms with van der Waals surface area (Å²) in [5.41, 5.74) is 1.07. The maximum absolute atomic E-state index is 3.72. The second-order valence-corrected chi connectivity index (χ2v) is 1.49. The maximum Gasteiger partial charge on any atom is 2.00 e. The van der Waals surface area contributed by atoms with Crippen LogP contribution in [0.3, 0.4) is 0 Å². The van der Waals surface area contributed by atoms with Crippen LogP contribution in [0.25, 0.3) is 0 Å². The molecule has 0 aromatic heterocycles. The van der Waals surface area contributed by atoms with Gasteiger partial charge in [0.2, 0.25) is 0 Å². The van der Waals surface area contributed by atoms with Crippen molar-refractivity contribution in [2.24, 2.45) is 0 Å². The molecule has 1 rings (SSSR count). The normalized spacial score (nSPS) is 6.67. The minimum absolute atomic E-state index is 0. The summed E-state index contributed by atoms with van der Waals surface area (Å²) < 4.78 is 0. The third kappa shape index (κ3) is 5.05. The van der Waals surface area contributed by atoms with Crippen molar-refractivity contribution < 1.29 is 24.0 Å². The molecule has 44 valence electrons. The van der Waals surface area contributed by atoms with Crippen LogP contribution >= 0.6 is 0 Å². The molecule has 0 fully saturated rings. The molecule has 2 heteroatoms. The summed E-state index contributed by atoms with van der Waals surface area (Å²) in [5.74, 6) is 0. The molecule has 1 aromatic rings. The zero-order valence-corrected chi connectivity index (χ0v) is 8.75. The van der Waals surface area contributed by atoms with E-state index >= 15 is 0 Å². The second-order valence-electron chi connectivity index (χ2n) is 1.49. The number of hydrogen-bond donors (Lipinski definition) is 0. The topological polar surface area (TPSA) is 0 Å². The zero-order chi connectivity index (χ0) is 5.11. The van der Waals surface area contributed by atoms with E-state index in [1.807, 2.05) is 30.3 Å². The van der Waals surface area contributed by atoms with Crippen LogP contribution in [0.1, 0.15) is 5.56 Å². The third-order valence-corrected chi connectivity index (χ3v) is 0.843. The Bertz CT molecular complexity index is 139. The number of halogens is 1. The average molecular weight is 242 g/mol. The molecule has 0 bridgehead atoms. The van der Waals surface area contributed by atoms with Crippen LogP contribution in [-0.4, -0.2) is 23.1 Å². The van der Waals surface area contributed by atoms with Crippen molar-refractivity contribution in [3.63, 3.8) is 0 Å². The fourth-order valence-electron chi connectivity index (χ4n) is 0.478. The van der Waals surface area contributed by atoms with Crippen LogP contribution in [0.4, 0.5) is 0 Å². The minimum Gasteiger partial charge on any atom is -1.00 e. The standard InChI is InChI=1S/C7H7.HI.Mg/c1-7-5-3-2-4-6-7;;/h2-6H,1H2;1H;/q-1;;+2/p-1. The first-order valence-corrected chi connectivity index (χ1v) is 2.26. The van der Waals surface area contributed by atoms with Gasteiger partial charge in [0.25, 0.3) is 0 Å². The summed E-state index contributed by atoms with van der Waals surface area (Å²) in [6.45, 7) is 3.72. The summed E-state index contributed by atoms with van der Waals surface area (Å²) in [5, 5.41) is 0. The zero-order valence-electron chi connectivity index (χ0n) is 5.18. The first-order valence-electron chi connectivity index (χ1n) is 2.26. The number of hydrogen-bond acceptors (Lipinski definition) is 0. The van der Waals surface area contributed by atoms with Crippen LogP contribution in [0, 0.1) is 6.92 Å². The maximum atomic E-state index is 3.72. The molecule has 0 nitrogen and oxygen atoms in total. The third-order valence-electron chi connectivity index (χ3n) is 0.843. The summed E-state index contributed by atoms with van der Waals surface area (Å²) in [4.78, 5) is 0. The van der Waals surface area contributed by atoms with Gasteiger partial charge in [-0.05, 0) is 0 Å². The molecule has 1 aromatic carbocycles. The van der Waals surface area contributed by atoms with Gasteiger partial charge in [-0.25, -0.2) is 0 Å². The van der Waals surface area contributed by atoms with E-state index in [9.17, 15) is 0 Å². The van der Waals surface area contributed by atoms with Crippen molar-refractivity contribution >= 4 is 23.1 Å². The molecule has 0 saturated carbocycles. The fourth-order valence-corrected chi connectivity index (χ4v) is 0.478. The smallest absolute Gasteiger partial charge is 1.00 e. The summed E-state index contributed by atoms with van der Waals surface area (Å²) in [7, 11) is 0. The molecule has 0 aliphatic carbocycles. The van der Waals surface area contributed by atoms with Crippen molar-refractivity contribution in [2.75, 3.05) is 0 Å². The van der Waals surface area contributed by atoms with E-state index in [4.69, 9.17) is 0 Å². The predicted molar refractivity (Wildman–Crippen MR) is 36.7 cm³/mol. The van der Waals surface area contributed by atoms with Crippen molar-refractivity contribution in [2.45, 2.75) is 0 Å². The van der Waals surface area contributed by atoms with Crippen LogP contribution in [0.15, 0.2) is 30.3 Å². The monoisotopic (exact) mass is 242 g/mol. The van der Waals surface area contributed by atoms with Gasteiger partial charge >= 0.3 is 23.1 Å². The first kappa shape index (κ1) is 12.3. The molecular formula is C7H7IMg. The van der Waals surface area contributed by atoms with Gasteiger partial charge in [0.15, 0.2) is 0 Å². The van der Waals surface area contributed by atoms with E-state index in [-0.39, 0.29) is 47.0 Å². The molecule has 9 heavy (non-hydrogen) atoms. The van der Waals surface area contributed by atoms with E-state index in [1.54, 1.807) is 0 Å². The van der Waals surface area contributed by atoms with Gasteiger partial charge in [-0.2, -0.15) is 24.6 Å². The Morgan fingerprint density at radius 3 is 1.67 bits per heavy atom. The summed E-state index contributed by atoms with van der Waals surface area (Å²) >= 11 is 0. The van der Waals surface area contributed by atoms with E-state index in [0.717, 1.165) is 5.56 Å². The molecule has 0 N–H and O–H groups in total. The molecule has 0 unspecified atom stereocenters. The van der Waals surface area contributed by atoms with Gasteiger partial charge in [0, 0.05) is 0 Å². The Kier molecular flexibility index (Phi) is 9.15. The summed E-state index contributed by atoms with van der Waals surface area (Å²) in [6, 6.07) is 9.87. The summed E-state index contributed by atoms with van der Waals surface area (Å²) in [6.07, 6.45) is 0. The Hall–Kier alpha value is 0.586. The molecule has 0 saturated heterocycles. The minimum atomic E-state index is 0. The van der Waals surface area contributed by atoms with Crippen LogP contribution < -0.4 is 24.0 Å². The van der Waals surface area contributed by atoms with Crippen LogP contribution in [0.2, 0.25) is 0 Å². The molecule has 0 atom stereocenters. The molecule has 0 amide bonds. The van der Waals surface area contributed by atoms with E-state index in [0.29, 0.717) is 0 Å². The average Bonchev–Trinajstić information content (AvgIpc) is 1.69. The Balaban J connectivity index is 0. The Morgan fingerprint density at radius 2 is 1.44 bits per heavy atom. The van der Waals surface area contributed by atoms with Gasteiger partial charge in [0.1, 0.15) is 0 Å². The van der Waals surface area contributed by atoms with E-state index in [2.05, 4.69) is 6.92 Å². The van der Waals surface area contributed by atoms with Crippen molar-refractivity contribution in [3.8, 4) is 0 Å². The number of rotatable bonds is 0. The van der Waals surface area contributed by atoms with Gasteiger partial charge < -0.3 is 24.0 Å². The van der Waals surface area contributed by atoms with Crippen LogP contribution in [0.5, 0.6) is 0 Å². The predicted octanol–water partition coefficient (Wildman–Crippen LogP) is -1.51. The van der Waals surface area contributed by atoms with Crippen molar-refractivity contribution in [3.05, 3.63) is 42.8 Å². The Morgan fingerprint density at radius 1 is 1.00 bits per heavy atom. The number of benzene rings is 1. The molecule has 0 aliphatic heterocycles. The Labute approximate surface area is 89.2 Å². The quantitative estimate of drug-likeness (QED) is 0.295. The molecular weight excluding hydrogens is 235 g/mol.